The van der Waals surface area contributed by atoms with Crippen molar-refractivity contribution >= 4 is 0 Å². The van der Waals surface area contributed by atoms with E-state index in [9.17, 15) is 4.39 Å². The highest BCUT2D eigenvalue weighted by Gasteiger charge is 1.60. The minimum Gasteiger partial charge on any atom is -0.247 e. The number of halogens is 1. The van der Waals surface area contributed by atoms with Gasteiger partial charge in [-0.2, -0.15) is 0 Å². The molecule has 0 saturated carbocycles. The van der Waals surface area contributed by atoms with Crippen LogP contribution in [0.5, 0.6) is 0 Å². The SMILES string of the molecule is CC=CC=CCF. The standard InChI is InChI=1S/C6H9F/c1-2-3-4-5-6-7/h2-5H,6H2,1H3. The summed E-state index contributed by atoms with van der Waals surface area (Å²) in [6.07, 6.45) is 6.78. The molecule has 40 valence electrons. The van der Waals surface area contributed by atoms with E-state index >= 15 is 0 Å². The second-order valence-electron chi connectivity index (χ2n) is 1.11. The molecule has 0 amide bonds. The van der Waals surface area contributed by atoms with E-state index in [0.717, 1.165) is 0 Å². The second-order valence-corrected chi connectivity index (χ2v) is 1.11. The van der Waals surface area contributed by atoms with Gasteiger partial charge in [-0.25, -0.2) is 4.39 Å². The molecule has 0 aromatic rings. The first kappa shape index (κ1) is 6.41. The monoisotopic (exact) mass is 100 g/mol. The number of rotatable bonds is 2. The number of alkyl halides is 1. The van der Waals surface area contributed by atoms with E-state index in [-0.39, 0.29) is 6.67 Å². The minimum atomic E-state index is -0.371. The van der Waals surface area contributed by atoms with Gasteiger partial charge in [0.1, 0.15) is 6.67 Å². The molecule has 0 heterocycles. The average Bonchev–Trinajstić information content (AvgIpc) is 1.69. The third-order valence-corrected chi connectivity index (χ3v) is 0.529. The van der Waals surface area contributed by atoms with Gasteiger partial charge in [0.05, 0.1) is 0 Å². The molecule has 0 spiro atoms. The maximum atomic E-state index is 11.2. The Hall–Kier alpha value is -0.590. The maximum absolute atomic E-state index is 11.2. The molecule has 0 unspecified atom stereocenters. The van der Waals surface area contributed by atoms with E-state index in [4.69, 9.17) is 0 Å². The van der Waals surface area contributed by atoms with Crippen LogP contribution in [0.3, 0.4) is 0 Å². The molecular formula is C6H9F. The fourth-order valence-electron chi connectivity index (χ4n) is 0.241. The van der Waals surface area contributed by atoms with E-state index in [1.54, 1.807) is 12.2 Å². The summed E-state index contributed by atoms with van der Waals surface area (Å²) in [7, 11) is 0. The lowest BCUT2D eigenvalue weighted by atomic mass is 10.5. The lowest BCUT2D eigenvalue weighted by Gasteiger charge is -1.68. The number of hydrogen-bond acceptors (Lipinski definition) is 0. The molecule has 0 rings (SSSR count). The van der Waals surface area contributed by atoms with Gasteiger partial charge in [0, 0.05) is 0 Å². The molecule has 0 aliphatic heterocycles. The summed E-state index contributed by atoms with van der Waals surface area (Å²) < 4.78 is 11.2. The highest BCUT2D eigenvalue weighted by Crippen LogP contribution is 1.75. The fourth-order valence-corrected chi connectivity index (χ4v) is 0.241. The summed E-state index contributed by atoms with van der Waals surface area (Å²) in [6.45, 7) is 1.52. The van der Waals surface area contributed by atoms with Gasteiger partial charge in [-0.3, -0.25) is 0 Å². The Kier molecular flexibility index (Phi) is 4.95. The highest BCUT2D eigenvalue weighted by atomic mass is 19.1. The summed E-state index contributed by atoms with van der Waals surface area (Å²) >= 11 is 0. The van der Waals surface area contributed by atoms with E-state index < -0.39 is 0 Å². The van der Waals surface area contributed by atoms with E-state index in [1.807, 2.05) is 13.0 Å². The fraction of sp³-hybridized carbons (Fsp3) is 0.333. The largest absolute Gasteiger partial charge is 0.247 e. The van der Waals surface area contributed by atoms with Crippen LogP contribution in [-0.4, -0.2) is 6.67 Å². The van der Waals surface area contributed by atoms with Crippen molar-refractivity contribution in [3.8, 4) is 0 Å². The summed E-state index contributed by atoms with van der Waals surface area (Å²) in [5, 5.41) is 0. The maximum Gasteiger partial charge on any atom is 0.108 e. The Bertz CT molecular complexity index is 72.2. The third-order valence-electron chi connectivity index (χ3n) is 0.529. The van der Waals surface area contributed by atoms with Gasteiger partial charge in [0.25, 0.3) is 0 Å². The summed E-state index contributed by atoms with van der Waals surface area (Å²) in [6, 6.07) is 0. The molecule has 7 heavy (non-hydrogen) atoms. The molecule has 0 saturated heterocycles. The number of hydrogen-bond donors (Lipinski definition) is 0. The first-order valence-electron chi connectivity index (χ1n) is 2.25. The molecule has 0 fully saturated rings. The third kappa shape index (κ3) is 5.41. The molecule has 0 atom stereocenters. The molecule has 0 N–H and O–H groups in total. The van der Waals surface area contributed by atoms with Gasteiger partial charge in [0.2, 0.25) is 0 Å². The highest BCUT2D eigenvalue weighted by molar-refractivity contribution is 5.00. The van der Waals surface area contributed by atoms with Crippen molar-refractivity contribution < 1.29 is 4.39 Å². The second kappa shape index (κ2) is 5.41. The van der Waals surface area contributed by atoms with E-state index in [0.29, 0.717) is 0 Å². The average molecular weight is 100 g/mol. The summed E-state index contributed by atoms with van der Waals surface area (Å²) in [4.78, 5) is 0. The predicted molar refractivity (Wildman–Crippen MR) is 29.9 cm³/mol. The Labute approximate surface area is 43.4 Å². The van der Waals surface area contributed by atoms with Gasteiger partial charge in [0.15, 0.2) is 0 Å². The molecule has 0 nitrogen and oxygen atoms in total. The lowest BCUT2D eigenvalue weighted by molar-refractivity contribution is 0.562. The van der Waals surface area contributed by atoms with Crippen LogP contribution in [0.25, 0.3) is 0 Å². The van der Waals surface area contributed by atoms with Gasteiger partial charge >= 0.3 is 0 Å². The van der Waals surface area contributed by atoms with Crippen molar-refractivity contribution in [2.24, 2.45) is 0 Å². The molecule has 0 bridgehead atoms. The van der Waals surface area contributed by atoms with Gasteiger partial charge in [-0.15, -0.1) is 0 Å². The van der Waals surface area contributed by atoms with Crippen molar-refractivity contribution in [2.45, 2.75) is 6.92 Å². The van der Waals surface area contributed by atoms with Crippen molar-refractivity contribution in [3.05, 3.63) is 24.3 Å². The van der Waals surface area contributed by atoms with Crippen molar-refractivity contribution in [1.29, 1.82) is 0 Å². The van der Waals surface area contributed by atoms with Gasteiger partial charge < -0.3 is 0 Å². The Morgan fingerprint density at radius 1 is 1.43 bits per heavy atom. The van der Waals surface area contributed by atoms with Gasteiger partial charge in [-0.05, 0) is 6.92 Å². The Balaban J connectivity index is 3.09. The van der Waals surface area contributed by atoms with Crippen LogP contribution in [0.4, 0.5) is 4.39 Å². The minimum absolute atomic E-state index is 0.371. The topological polar surface area (TPSA) is 0 Å². The smallest absolute Gasteiger partial charge is 0.108 e. The van der Waals surface area contributed by atoms with Crippen LogP contribution in [0.15, 0.2) is 24.3 Å². The Morgan fingerprint density at radius 3 is 2.57 bits per heavy atom. The zero-order valence-electron chi connectivity index (χ0n) is 4.39. The normalized spacial score (nSPS) is 11.7. The zero-order valence-corrected chi connectivity index (χ0v) is 4.39. The molecule has 0 aliphatic carbocycles. The first-order chi connectivity index (χ1) is 3.41. The van der Waals surface area contributed by atoms with Crippen LogP contribution < -0.4 is 0 Å². The molecule has 0 aromatic heterocycles. The Morgan fingerprint density at radius 2 is 2.14 bits per heavy atom. The van der Waals surface area contributed by atoms with Crippen LogP contribution in [0.2, 0.25) is 0 Å². The molecule has 0 aliphatic rings. The molecular weight excluding hydrogens is 91.1 g/mol. The summed E-state index contributed by atoms with van der Waals surface area (Å²) in [5.74, 6) is 0. The molecule has 0 aromatic carbocycles. The molecule has 1 heteroatoms. The van der Waals surface area contributed by atoms with Gasteiger partial charge in [-0.1, -0.05) is 24.3 Å². The van der Waals surface area contributed by atoms with Crippen molar-refractivity contribution in [3.63, 3.8) is 0 Å². The lowest BCUT2D eigenvalue weighted by Crippen LogP contribution is -1.56. The summed E-state index contributed by atoms with van der Waals surface area (Å²) in [5.41, 5.74) is 0. The van der Waals surface area contributed by atoms with Crippen LogP contribution in [0.1, 0.15) is 6.92 Å². The van der Waals surface area contributed by atoms with Crippen LogP contribution in [-0.2, 0) is 0 Å². The van der Waals surface area contributed by atoms with E-state index in [2.05, 4.69) is 0 Å². The predicted octanol–water partition coefficient (Wildman–Crippen LogP) is 2.09. The van der Waals surface area contributed by atoms with Crippen molar-refractivity contribution in [2.75, 3.05) is 6.67 Å². The van der Waals surface area contributed by atoms with Crippen LogP contribution >= 0.6 is 0 Å². The van der Waals surface area contributed by atoms with Crippen LogP contribution in [0, 0.1) is 0 Å². The van der Waals surface area contributed by atoms with Crippen molar-refractivity contribution in [1.82, 2.24) is 0 Å². The quantitative estimate of drug-likeness (QED) is 0.466. The molecule has 0 radical (unpaired) electrons. The number of allylic oxidation sites excluding steroid dienone is 4. The zero-order chi connectivity index (χ0) is 5.54. The first-order valence-corrected chi connectivity index (χ1v) is 2.25. The van der Waals surface area contributed by atoms with E-state index in [1.165, 1.54) is 6.08 Å².